The highest BCUT2D eigenvalue weighted by Gasteiger charge is 2.26. The summed E-state index contributed by atoms with van der Waals surface area (Å²) in [7, 11) is 0. The normalized spacial score (nSPS) is 13.6. The van der Waals surface area contributed by atoms with Crippen LogP contribution >= 0.6 is 0 Å². The molecular formula is C14H21F2NO2. The predicted octanol–water partition coefficient (Wildman–Crippen LogP) is 2.14. The van der Waals surface area contributed by atoms with E-state index >= 15 is 0 Å². The molecular weight excluding hydrogens is 252 g/mol. The lowest BCUT2D eigenvalue weighted by molar-refractivity contribution is 0.112. The van der Waals surface area contributed by atoms with Gasteiger partial charge >= 0.3 is 0 Å². The molecule has 1 unspecified atom stereocenters. The number of aliphatic hydroxyl groups excluding tert-OH is 2. The van der Waals surface area contributed by atoms with E-state index in [0.29, 0.717) is 12.8 Å². The van der Waals surface area contributed by atoms with E-state index in [1.54, 1.807) is 0 Å². The second-order valence-electron chi connectivity index (χ2n) is 4.71. The molecule has 0 spiro atoms. The van der Waals surface area contributed by atoms with Crippen molar-refractivity contribution >= 4 is 0 Å². The number of halogens is 2. The first-order valence-corrected chi connectivity index (χ1v) is 6.47. The molecule has 0 heterocycles. The first kappa shape index (κ1) is 16.0. The molecule has 1 aromatic rings. The summed E-state index contributed by atoms with van der Waals surface area (Å²) < 4.78 is 26.5. The summed E-state index contributed by atoms with van der Waals surface area (Å²) in [5, 5.41) is 22.3. The summed E-state index contributed by atoms with van der Waals surface area (Å²) >= 11 is 0. The van der Waals surface area contributed by atoms with Crippen molar-refractivity contribution in [1.29, 1.82) is 0 Å². The summed E-state index contributed by atoms with van der Waals surface area (Å²) in [4.78, 5) is 0. The van der Waals surface area contributed by atoms with Crippen molar-refractivity contribution in [3.05, 3.63) is 35.4 Å². The fourth-order valence-electron chi connectivity index (χ4n) is 1.97. The van der Waals surface area contributed by atoms with Crippen molar-refractivity contribution in [2.24, 2.45) is 0 Å². The van der Waals surface area contributed by atoms with Crippen LogP contribution in [0.2, 0.25) is 0 Å². The van der Waals surface area contributed by atoms with Gasteiger partial charge in [0.2, 0.25) is 0 Å². The summed E-state index contributed by atoms with van der Waals surface area (Å²) in [6.07, 6.45) is 0.205. The number of aliphatic hydroxyl groups is 2. The smallest absolute Gasteiger partial charge is 0.129 e. The highest BCUT2D eigenvalue weighted by atomic mass is 19.1. The van der Waals surface area contributed by atoms with E-state index in [9.17, 15) is 19.0 Å². The van der Waals surface area contributed by atoms with Crippen molar-refractivity contribution in [2.75, 3.05) is 13.2 Å². The third kappa shape index (κ3) is 3.96. The minimum atomic E-state index is -1.15. The minimum absolute atomic E-state index is 0.0581. The molecule has 0 saturated carbocycles. The Bertz CT molecular complexity index is 400. The summed E-state index contributed by atoms with van der Waals surface area (Å²) in [6, 6.07) is 2.99. The Kier molecular flexibility index (Phi) is 5.85. The zero-order valence-electron chi connectivity index (χ0n) is 11.3. The average Bonchev–Trinajstić information content (AvgIpc) is 2.43. The van der Waals surface area contributed by atoms with Crippen LogP contribution in [0.3, 0.4) is 0 Å². The maximum absolute atomic E-state index is 13.5. The summed E-state index contributed by atoms with van der Waals surface area (Å²) in [5.41, 5.74) is -0.573. The number of β-amino-alcohol motifs (C(OH)–C–C–N with tert-alkyl or cyclic N) is 1. The summed E-state index contributed by atoms with van der Waals surface area (Å²) in [6.45, 7) is 3.82. The van der Waals surface area contributed by atoms with Gasteiger partial charge in [-0.1, -0.05) is 13.8 Å². The number of hydrogen-bond acceptors (Lipinski definition) is 3. The molecule has 5 heteroatoms. The highest BCUT2D eigenvalue weighted by molar-refractivity contribution is 5.21. The zero-order valence-corrected chi connectivity index (χ0v) is 11.3. The Labute approximate surface area is 112 Å². The molecule has 1 atom stereocenters. The number of benzene rings is 1. The van der Waals surface area contributed by atoms with Crippen LogP contribution in [0.5, 0.6) is 0 Å². The molecule has 108 valence electrons. The van der Waals surface area contributed by atoms with Crippen molar-refractivity contribution in [2.45, 2.75) is 38.3 Å². The molecule has 3 nitrogen and oxygen atoms in total. The van der Waals surface area contributed by atoms with Crippen molar-refractivity contribution in [1.82, 2.24) is 5.32 Å². The van der Waals surface area contributed by atoms with Gasteiger partial charge in [0, 0.05) is 17.6 Å². The van der Waals surface area contributed by atoms with Gasteiger partial charge in [0.05, 0.1) is 12.7 Å². The SMILES string of the molecule is CCC(CC)(CO)NCC(O)c1cc(F)ccc1F. The van der Waals surface area contributed by atoms with Gasteiger partial charge in [-0.15, -0.1) is 0 Å². The third-order valence-electron chi connectivity index (χ3n) is 3.64. The Morgan fingerprint density at radius 1 is 1.26 bits per heavy atom. The Hall–Kier alpha value is -1.04. The monoisotopic (exact) mass is 273 g/mol. The van der Waals surface area contributed by atoms with Crippen molar-refractivity contribution in [3.63, 3.8) is 0 Å². The topological polar surface area (TPSA) is 52.5 Å². The standard InChI is InChI=1S/C14H21F2NO2/c1-3-14(4-2,9-18)17-8-13(19)11-7-10(15)5-6-12(11)16/h5-7,13,17-19H,3-4,8-9H2,1-2H3. The molecule has 3 N–H and O–H groups in total. The molecule has 0 radical (unpaired) electrons. The fourth-order valence-corrected chi connectivity index (χ4v) is 1.97. The highest BCUT2D eigenvalue weighted by Crippen LogP contribution is 2.20. The summed E-state index contributed by atoms with van der Waals surface area (Å²) in [5.74, 6) is -1.23. The van der Waals surface area contributed by atoms with Crippen LogP contribution in [0, 0.1) is 11.6 Å². The first-order chi connectivity index (χ1) is 8.98. The van der Waals surface area contributed by atoms with Gasteiger partial charge < -0.3 is 15.5 Å². The largest absolute Gasteiger partial charge is 0.394 e. The molecule has 0 bridgehead atoms. The molecule has 1 rings (SSSR count). The van der Waals surface area contributed by atoms with Gasteiger partial charge in [-0.05, 0) is 31.0 Å². The lowest BCUT2D eigenvalue weighted by Crippen LogP contribution is -2.49. The second kappa shape index (κ2) is 6.93. The van der Waals surface area contributed by atoms with E-state index < -0.39 is 23.3 Å². The van der Waals surface area contributed by atoms with Gasteiger partial charge in [-0.2, -0.15) is 0 Å². The van der Waals surface area contributed by atoms with E-state index in [2.05, 4.69) is 5.32 Å². The van der Waals surface area contributed by atoms with Crippen molar-refractivity contribution < 1.29 is 19.0 Å². The van der Waals surface area contributed by atoms with Crippen molar-refractivity contribution in [3.8, 4) is 0 Å². The van der Waals surface area contributed by atoms with E-state index in [1.807, 2.05) is 13.8 Å². The quantitative estimate of drug-likeness (QED) is 0.713. The fraction of sp³-hybridized carbons (Fsp3) is 0.571. The van der Waals surface area contributed by atoms with Gasteiger partial charge in [0.25, 0.3) is 0 Å². The van der Waals surface area contributed by atoms with E-state index in [1.165, 1.54) is 0 Å². The van der Waals surface area contributed by atoms with E-state index in [4.69, 9.17) is 0 Å². The van der Waals surface area contributed by atoms with Gasteiger partial charge in [0.1, 0.15) is 11.6 Å². The molecule has 0 fully saturated rings. The maximum atomic E-state index is 13.5. The maximum Gasteiger partial charge on any atom is 0.129 e. The average molecular weight is 273 g/mol. The van der Waals surface area contributed by atoms with Crippen LogP contribution in [-0.2, 0) is 0 Å². The Morgan fingerprint density at radius 2 is 1.89 bits per heavy atom. The molecule has 0 aliphatic heterocycles. The number of rotatable bonds is 7. The second-order valence-corrected chi connectivity index (χ2v) is 4.71. The van der Waals surface area contributed by atoms with E-state index in [0.717, 1.165) is 18.2 Å². The molecule has 1 aromatic carbocycles. The van der Waals surface area contributed by atoms with E-state index in [-0.39, 0.29) is 18.7 Å². The van der Waals surface area contributed by atoms with Gasteiger partial charge in [-0.3, -0.25) is 0 Å². The van der Waals surface area contributed by atoms with Crippen LogP contribution in [0.4, 0.5) is 8.78 Å². The van der Waals surface area contributed by atoms with Crippen LogP contribution in [0.25, 0.3) is 0 Å². The molecule has 19 heavy (non-hydrogen) atoms. The molecule has 0 aliphatic carbocycles. The lowest BCUT2D eigenvalue weighted by Gasteiger charge is -2.32. The molecule has 0 aliphatic rings. The Balaban J connectivity index is 2.74. The molecule has 0 saturated heterocycles. The first-order valence-electron chi connectivity index (χ1n) is 6.47. The zero-order chi connectivity index (χ0) is 14.5. The lowest BCUT2D eigenvalue weighted by atomic mass is 9.93. The molecule has 0 aromatic heterocycles. The minimum Gasteiger partial charge on any atom is -0.394 e. The number of nitrogens with one attached hydrogen (secondary N) is 1. The van der Waals surface area contributed by atoms with Gasteiger partial charge in [0.15, 0.2) is 0 Å². The Morgan fingerprint density at radius 3 is 2.42 bits per heavy atom. The molecule has 0 amide bonds. The number of hydrogen-bond donors (Lipinski definition) is 3. The predicted molar refractivity (Wildman–Crippen MR) is 69.7 cm³/mol. The van der Waals surface area contributed by atoms with Crippen LogP contribution in [0.15, 0.2) is 18.2 Å². The van der Waals surface area contributed by atoms with Crippen LogP contribution < -0.4 is 5.32 Å². The van der Waals surface area contributed by atoms with Gasteiger partial charge in [-0.25, -0.2) is 8.78 Å². The van der Waals surface area contributed by atoms with Crippen LogP contribution in [-0.4, -0.2) is 28.9 Å². The third-order valence-corrected chi connectivity index (χ3v) is 3.64. The van der Waals surface area contributed by atoms with Crippen LogP contribution in [0.1, 0.15) is 38.4 Å².